The summed E-state index contributed by atoms with van der Waals surface area (Å²) in [4.78, 5) is 12.9. The molecule has 0 aliphatic carbocycles. The van der Waals surface area contributed by atoms with Gasteiger partial charge in [0.15, 0.2) is 0 Å². The Morgan fingerprint density at radius 2 is 1.67 bits per heavy atom. The second-order valence-electron chi connectivity index (χ2n) is 7.03. The highest BCUT2D eigenvalue weighted by atomic mass is 35.5. The fourth-order valence-corrected chi connectivity index (χ4v) is 3.96. The molecule has 3 aromatic rings. The molecule has 1 N–H and O–H groups in total. The van der Waals surface area contributed by atoms with Gasteiger partial charge in [0.05, 0.1) is 17.6 Å². The van der Waals surface area contributed by atoms with Crippen molar-refractivity contribution in [1.82, 2.24) is 4.57 Å². The SMILES string of the molecule is Cc1cc(Cc2c(F)cc(NS(C)(=O)=O)cc2F)n(C)c1C(=O)c1ccc(Cl)cc1. The van der Waals surface area contributed by atoms with Crippen LogP contribution in [0.1, 0.15) is 32.9 Å². The minimum Gasteiger partial charge on any atom is -0.344 e. The van der Waals surface area contributed by atoms with Crippen molar-refractivity contribution >= 4 is 33.1 Å². The molecule has 1 heterocycles. The molecule has 0 aliphatic heterocycles. The lowest BCUT2D eigenvalue weighted by atomic mass is 10.1. The largest absolute Gasteiger partial charge is 0.344 e. The summed E-state index contributed by atoms with van der Waals surface area (Å²) in [6.07, 6.45) is 0.782. The van der Waals surface area contributed by atoms with E-state index in [0.29, 0.717) is 27.5 Å². The van der Waals surface area contributed by atoms with Crippen molar-refractivity contribution in [2.45, 2.75) is 13.3 Å². The highest BCUT2D eigenvalue weighted by Crippen LogP contribution is 2.25. The third-order valence-corrected chi connectivity index (χ3v) is 5.51. The van der Waals surface area contributed by atoms with Gasteiger partial charge in [-0.1, -0.05) is 11.6 Å². The molecule has 0 amide bonds. The molecule has 3 rings (SSSR count). The molecular formula is C21H19ClF2N2O3S. The summed E-state index contributed by atoms with van der Waals surface area (Å²) in [5.74, 6) is -2.00. The number of aromatic nitrogens is 1. The summed E-state index contributed by atoms with van der Waals surface area (Å²) in [5, 5.41) is 0.510. The van der Waals surface area contributed by atoms with Crippen LogP contribution < -0.4 is 4.72 Å². The first-order chi connectivity index (χ1) is 14.0. The number of carbonyl (C=O) groups excluding carboxylic acids is 1. The summed E-state index contributed by atoms with van der Waals surface area (Å²) >= 11 is 5.87. The third kappa shape index (κ3) is 4.71. The smallest absolute Gasteiger partial charge is 0.229 e. The van der Waals surface area contributed by atoms with Crippen LogP contribution in [0.2, 0.25) is 5.02 Å². The van der Waals surface area contributed by atoms with E-state index in [4.69, 9.17) is 11.6 Å². The Hall–Kier alpha value is -2.71. The van der Waals surface area contributed by atoms with Gasteiger partial charge in [-0.3, -0.25) is 9.52 Å². The second kappa shape index (κ2) is 8.20. The van der Waals surface area contributed by atoms with Crippen LogP contribution in [-0.4, -0.2) is 25.0 Å². The maximum Gasteiger partial charge on any atom is 0.229 e. The van der Waals surface area contributed by atoms with E-state index >= 15 is 0 Å². The molecule has 0 fully saturated rings. The predicted molar refractivity (Wildman–Crippen MR) is 113 cm³/mol. The molecule has 9 heteroatoms. The molecule has 0 unspecified atom stereocenters. The Bertz CT molecular complexity index is 1210. The maximum absolute atomic E-state index is 14.5. The molecule has 30 heavy (non-hydrogen) atoms. The molecule has 0 saturated heterocycles. The summed E-state index contributed by atoms with van der Waals surface area (Å²) in [7, 11) is -2.01. The van der Waals surface area contributed by atoms with E-state index < -0.39 is 21.7 Å². The minimum absolute atomic E-state index is 0.109. The Balaban J connectivity index is 1.94. The van der Waals surface area contributed by atoms with E-state index in [9.17, 15) is 22.0 Å². The number of benzene rings is 2. The molecule has 0 saturated carbocycles. The average Bonchev–Trinajstić information content (AvgIpc) is 2.90. The van der Waals surface area contributed by atoms with Gasteiger partial charge in [0.2, 0.25) is 15.8 Å². The van der Waals surface area contributed by atoms with Crippen molar-refractivity contribution in [3.63, 3.8) is 0 Å². The number of sulfonamides is 1. The number of nitrogens with zero attached hydrogens (tertiary/aromatic N) is 1. The van der Waals surface area contributed by atoms with Gasteiger partial charge in [0, 0.05) is 35.3 Å². The molecular weight excluding hydrogens is 434 g/mol. The van der Waals surface area contributed by atoms with Crippen LogP contribution in [-0.2, 0) is 23.5 Å². The fourth-order valence-electron chi connectivity index (χ4n) is 3.29. The quantitative estimate of drug-likeness (QED) is 0.561. The summed E-state index contributed by atoms with van der Waals surface area (Å²) in [5.41, 5.74) is 1.64. The second-order valence-corrected chi connectivity index (χ2v) is 9.22. The van der Waals surface area contributed by atoms with Gasteiger partial charge in [-0.15, -0.1) is 0 Å². The van der Waals surface area contributed by atoms with E-state index in [-0.39, 0.29) is 23.5 Å². The van der Waals surface area contributed by atoms with Gasteiger partial charge in [0.1, 0.15) is 11.6 Å². The Morgan fingerprint density at radius 3 is 2.20 bits per heavy atom. The van der Waals surface area contributed by atoms with Crippen LogP contribution in [0.25, 0.3) is 0 Å². The van der Waals surface area contributed by atoms with Crippen molar-refractivity contribution < 1.29 is 22.0 Å². The van der Waals surface area contributed by atoms with Crippen LogP contribution in [0.15, 0.2) is 42.5 Å². The van der Waals surface area contributed by atoms with Crippen molar-refractivity contribution in [3.05, 3.63) is 87.2 Å². The zero-order chi connectivity index (χ0) is 22.2. The van der Waals surface area contributed by atoms with E-state index in [1.54, 1.807) is 48.9 Å². The molecule has 0 aliphatic rings. The number of nitrogens with one attached hydrogen (secondary N) is 1. The Morgan fingerprint density at radius 1 is 1.10 bits per heavy atom. The monoisotopic (exact) mass is 452 g/mol. The molecule has 1 aromatic heterocycles. The van der Waals surface area contributed by atoms with Gasteiger partial charge >= 0.3 is 0 Å². The van der Waals surface area contributed by atoms with Crippen LogP contribution in [0.3, 0.4) is 0 Å². The fraction of sp³-hybridized carbons (Fsp3) is 0.190. The minimum atomic E-state index is -3.66. The number of anilines is 1. The highest BCUT2D eigenvalue weighted by molar-refractivity contribution is 7.92. The van der Waals surface area contributed by atoms with Gasteiger partial charge < -0.3 is 4.57 Å². The number of hydrogen-bond acceptors (Lipinski definition) is 3. The van der Waals surface area contributed by atoms with E-state index in [1.807, 2.05) is 4.72 Å². The number of halogens is 3. The first kappa shape index (κ1) is 22.0. The van der Waals surface area contributed by atoms with Crippen molar-refractivity contribution in [1.29, 1.82) is 0 Å². The van der Waals surface area contributed by atoms with Gasteiger partial charge in [-0.05, 0) is 55.0 Å². The number of aryl methyl sites for hydroxylation is 1. The van der Waals surface area contributed by atoms with E-state index in [0.717, 1.165) is 18.4 Å². The van der Waals surface area contributed by atoms with E-state index in [2.05, 4.69) is 0 Å². The number of carbonyl (C=O) groups is 1. The van der Waals surface area contributed by atoms with Crippen LogP contribution in [0.5, 0.6) is 0 Å². The van der Waals surface area contributed by atoms with Crippen molar-refractivity contribution in [3.8, 4) is 0 Å². The topological polar surface area (TPSA) is 68.2 Å². The lowest BCUT2D eigenvalue weighted by molar-refractivity contribution is 0.103. The Kier molecular flexibility index (Phi) is 6.01. The molecule has 0 bridgehead atoms. The van der Waals surface area contributed by atoms with Crippen LogP contribution in [0.4, 0.5) is 14.5 Å². The molecule has 0 radical (unpaired) electrons. The molecule has 0 spiro atoms. The third-order valence-electron chi connectivity index (χ3n) is 4.65. The number of rotatable bonds is 6. The van der Waals surface area contributed by atoms with Crippen LogP contribution in [0, 0.1) is 18.6 Å². The average molecular weight is 453 g/mol. The van der Waals surface area contributed by atoms with Crippen molar-refractivity contribution in [2.24, 2.45) is 7.05 Å². The molecule has 5 nitrogen and oxygen atoms in total. The number of ketones is 1. The maximum atomic E-state index is 14.5. The van der Waals surface area contributed by atoms with Gasteiger partial charge in [0.25, 0.3) is 0 Å². The Labute approximate surface area is 178 Å². The predicted octanol–water partition coefficient (Wildman–Crippen LogP) is 4.46. The lowest BCUT2D eigenvalue weighted by Crippen LogP contribution is -2.12. The lowest BCUT2D eigenvalue weighted by Gasteiger charge is -2.11. The molecule has 158 valence electrons. The van der Waals surface area contributed by atoms with E-state index in [1.165, 1.54) is 0 Å². The highest BCUT2D eigenvalue weighted by Gasteiger charge is 2.21. The van der Waals surface area contributed by atoms with Crippen molar-refractivity contribution in [2.75, 3.05) is 11.0 Å². The molecule has 2 aromatic carbocycles. The first-order valence-electron chi connectivity index (χ1n) is 8.87. The zero-order valence-electron chi connectivity index (χ0n) is 16.5. The molecule has 0 atom stereocenters. The van der Waals surface area contributed by atoms with Gasteiger partial charge in [-0.2, -0.15) is 0 Å². The first-order valence-corrected chi connectivity index (χ1v) is 11.1. The standard InChI is InChI=1S/C21H19ClF2N2O3S/c1-12-8-16(26(2)20(12)21(27)13-4-6-14(22)7-5-13)11-17-18(23)9-15(10-19(17)24)25-30(3,28)29/h4-10,25H,11H2,1-3H3. The summed E-state index contributed by atoms with van der Waals surface area (Å²) < 4.78 is 55.2. The van der Waals surface area contributed by atoms with Gasteiger partial charge in [-0.25, -0.2) is 17.2 Å². The number of hydrogen-bond donors (Lipinski definition) is 1. The summed E-state index contributed by atoms with van der Waals surface area (Å²) in [6, 6.07) is 10.0. The zero-order valence-corrected chi connectivity index (χ0v) is 18.0. The van der Waals surface area contributed by atoms with Crippen LogP contribution >= 0.6 is 11.6 Å². The normalized spacial score (nSPS) is 11.5. The summed E-state index contributed by atoms with van der Waals surface area (Å²) in [6.45, 7) is 1.75.